The molecule has 4 amide bonds. The van der Waals surface area contributed by atoms with Crippen LogP contribution in [0.1, 0.15) is 22.3 Å². The number of ether oxygens (including phenoxy) is 2. The first-order valence-electron chi connectivity index (χ1n) is 12.2. The fraction of sp³-hybridized carbons (Fsp3) is 0.129. The number of barbiturate groups is 1. The molecule has 0 spiro atoms. The Morgan fingerprint density at radius 3 is 2.51 bits per heavy atom. The molecular weight excluding hydrogens is 560 g/mol. The number of halogens is 1. The maximum Gasteiger partial charge on any atom is 0.335 e. The molecule has 0 radical (unpaired) electrons. The van der Waals surface area contributed by atoms with E-state index in [0.717, 1.165) is 32.4 Å². The minimum Gasteiger partial charge on any atom is -0.493 e. The van der Waals surface area contributed by atoms with E-state index in [9.17, 15) is 14.4 Å². The van der Waals surface area contributed by atoms with Crippen molar-refractivity contribution in [2.45, 2.75) is 20.5 Å². The lowest BCUT2D eigenvalue weighted by Crippen LogP contribution is -2.54. The van der Waals surface area contributed by atoms with Gasteiger partial charge in [0.05, 0.1) is 17.3 Å². The lowest BCUT2D eigenvalue weighted by molar-refractivity contribution is -0.122. The quantitative estimate of drug-likeness (QED) is 0.207. The lowest BCUT2D eigenvalue weighted by Gasteiger charge is -2.28. The second-order valence-electron chi connectivity index (χ2n) is 9.21. The van der Waals surface area contributed by atoms with E-state index in [2.05, 4.69) is 33.4 Å². The van der Waals surface area contributed by atoms with Crippen LogP contribution in [0.3, 0.4) is 0 Å². The van der Waals surface area contributed by atoms with Crippen molar-refractivity contribution in [3.63, 3.8) is 0 Å². The average molecular weight is 585 g/mol. The van der Waals surface area contributed by atoms with Crippen LogP contribution in [0.4, 0.5) is 10.5 Å². The van der Waals surface area contributed by atoms with Crippen LogP contribution < -0.4 is 19.7 Å². The first kappa shape index (κ1) is 26.2. The molecule has 1 fully saturated rings. The number of rotatable bonds is 6. The summed E-state index contributed by atoms with van der Waals surface area (Å²) in [5.41, 5.74) is 3.40. The molecular formula is C31H25BrN2O5. The van der Waals surface area contributed by atoms with Crippen LogP contribution in [0.15, 0.2) is 82.8 Å². The van der Waals surface area contributed by atoms with Crippen molar-refractivity contribution in [2.75, 3.05) is 12.0 Å². The van der Waals surface area contributed by atoms with Gasteiger partial charge in [-0.25, -0.2) is 9.69 Å². The number of benzene rings is 4. The average Bonchev–Trinajstić information content (AvgIpc) is 2.92. The molecule has 1 aliphatic rings. The second-order valence-corrected chi connectivity index (χ2v) is 10.1. The van der Waals surface area contributed by atoms with E-state index < -0.39 is 17.8 Å². The molecule has 0 atom stereocenters. The zero-order valence-corrected chi connectivity index (χ0v) is 23.2. The molecule has 7 nitrogen and oxygen atoms in total. The number of urea groups is 1. The molecule has 1 N–H and O–H groups in total. The summed E-state index contributed by atoms with van der Waals surface area (Å²) in [6, 6.07) is 22.2. The number of carbonyl (C=O) groups excluding carboxylic acids is 3. The maximum absolute atomic E-state index is 13.4. The van der Waals surface area contributed by atoms with Crippen molar-refractivity contribution in [3.8, 4) is 11.5 Å². The number of fused-ring (bicyclic) bond motifs is 1. The molecule has 0 bridgehead atoms. The molecule has 0 unspecified atom stereocenters. The van der Waals surface area contributed by atoms with E-state index in [1.54, 1.807) is 25.1 Å². The first-order valence-corrected chi connectivity index (χ1v) is 13.0. The highest BCUT2D eigenvalue weighted by Crippen LogP contribution is 2.38. The van der Waals surface area contributed by atoms with Crippen molar-refractivity contribution < 1.29 is 23.9 Å². The van der Waals surface area contributed by atoms with Gasteiger partial charge in [-0.2, -0.15) is 0 Å². The van der Waals surface area contributed by atoms with E-state index >= 15 is 0 Å². The summed E-state index contributed by atoms with van der Waals surface area (Å²) in [7, 11) is 1.52. The molecule has 4 aromatic carbocycles. The van der Waals surface area contributed by atoms with E-state index in [1.807, 2.05) is 49.4 Å². The standard InChI is InChI=1S/C31H25BrN2O5/c1-18-11-12-19(2)26(13-18)34-30(36)24(29(35)33-31(34)37)14-20-15-25(32)28(27(16-20)38-3)39-17-22-9-6-8-21-7-4-5-10-23(21)22/h4-16H,17H2,1-3H3,(H,33,35,37)/b24-14+. The van der Waals surface area contributed by atoms with Crippen molar-refractivity contribution in [2.24, 2.45) is 0 Å². The Morgan fingerprint density at radius 2 is 1.72 bits per heavy atom. The van der Waals surface area contributed by atoms with Gasteiger partial charge >= 0.3 is 6.03 Å². The van der Waals surface area contributed by atoms with Gasteiger partial charge in [0.2, 0.25) is 0 Å². The lowest BCUT2D eigenvalue weighted by atomic mass is 10.0. The van der Waals surface area contributed by atoms with Crippen molar-refractivity contribution in [3.05, 3.63) is 105 Å². The van der Waals surface area contributed by atoms with E-state index in [0.29, 0.717) is 33.8 Å². The first-order chi connectivity index (χ1) is 18.8. The topological polar surface area (TPSA) is 84.9 Å². The van der Waals surface area contributed by atoms with E-state index in [1.165, 1.54) is 13.2 Å². The van der Waals surface area contributed by atoms with Crippen LogP contribution in [0, 0.1) is 13.8 Å². The zero-order valence-electron chi connectivity index (χ0n) is 21.6. The SMILES string of the molecule is COc1cc(/C=C2\C(=O)NC(=O)N(c3cc(C)ccc3C)C2=O)cc(Br)c1OCc1cccc2ccccc12. The molecule has 0 aromatic heterocycles. The predicted octanol–water partition coefficient (Wildman–Crippen LogP) is 6.47. The Morgan fingerprint density at radius 1 is 0.949 bits per heavy atom. The maximum atomic E-state index is 13.4. The Hall–Kier alpha value is -4.43. The van der Waals surface area contributed by atoms with E-state index in [-0.39, 0.29) is 5.57 Å². The summed E-state index contributed by atoms with van der Waals surface area (Å²) in [6.45, 7) is 3.98. The van der Waals surface area contributed by atoms with Gasteiger partial charge in [0.1, 0.15) is 12.2 Å². The van der Waals surface area contributed by atoms with Crippen molar-refractivity contribution >= 4 is 56.3 Å². The number of imide groups is 2. The Bertz CT molecular complexity index is 1670. The van der Waals surface area contributed by atoms with Gasteiger partial charge in [-0.15, -0.1) is 0 Å². The number of amides is 4. The molecule has 0 saturated carbocycles. The third-order valence-corrected chi connectivity index (χ3v) is 7.11. The van der Waals surface area contributed by atoms with Gasteiger partial charge in [-0.1, -0.05) is 54.6 Å². The van der Waals surface area contributed by atoms with Gasteiger partial charge in [-0.3, -0.25) is 14.9 Å². The fourth-order valence-electron chi connectivity index (χ4n) is 4.53. The minimum absolute atomic E-state index is 0.172. The number of aryl methyl sites for hydroxylation is 2. The summed E-state index contributed by atoms with van der Waals surface area (Å²) in [5.74, 6) is -0.566. The van der Waals surface area contributed by atoms with Crippen LogP contribution in [0.5, 0.6) is 11.5 Å². The van der Waals surface area contributed by atoms with Crippen LogP contribution in [0.2, 0.25) is 0 Å². The number of nitrogens with one attached hydrogen (secondary N) is 1. The number of anilines is 1. The van der Waals surface area contributed by atoms with Gasteiger partial charge in [0.15, 0.2) is 11.5 Å². The van der Waals surface area contributed by atoms with Gasteiger partial charge in [-0.05, 0) is 87.1 Å². The molecule has 1 aliphatic heterocycles. The normalized spacial score (nSPS) is 14.6. The largest absolute Gasteiger partial charge is 0.493 e. The van der Waals surface area contributed by atoms with Crippen LogP contribution in [-0.4, -0.2) is 25.0 Å². The number of carbonyl (C=O) groups is 3. The molecule has 5 rings (SSSR count). The second kappa shape index (κ2) is 10.7. The molecule has 196 valence electrons. The van der Waals surface area contributed by atoms with Gasteiger partial charge < -0.3 is 9.47 Å². The number of nitrogens with zero attached hydrogens (tertiary/aromatic N) is 1. The summed E-state index contributed by atoms with van der Waals surface area (Å²) in [4.78, 5) is 39.7. The zero-order chi connectivity index (χ0) is 27.7. The van der Waals surface area contributed by atoms with Crippen molar-refractivity contribution in [1.82, 2.24) is 5.32 Å². The highest BCUT2D eigenvalue weighted by Gasteiger charge is 2.37. The summed E-state index contributed by atoms with van der Waals surface area (Å²) < 4.78 is 12.3. The van der Waals surface area contributed by atoms with Crippen LogP contribution in [0.25, 0.3) is 16.8 Å². The van der Waals surface area contributed by atoms with Gasteiger partial charge in [0.25, 0.3) is 11.8 Å². The predicted molar refractivity (Wildman–Crippen MR) is 154 cm³/mol. The molecule has 4 aromatic rings. The molecule has 1 saturated heterocycles. The third kappa shape index (κ3) is 5.15. The molecule has 39 heavy (non-hydrogen) atoms. The Labute approximate surface area is 234 Å². The Balaban J connectivity index is 1.46. The number of methoxy groups -OCH3 is 1. The molecule has 0 aliphatic carbocycles. The van der Waals surface area contributed by atoms with Crippen molar-refractivity contribution in [1.29, 1.82) is 0 Å². The molecule has 8 heteroatoms. The highest BCUT2D eigenvalue weighted by atomic mass is 79.9. The monoisotopic (exact) mass is 584 g/mol. The smallest absolute Gasteiger partial charge is 0.335 e. The Kier molecular flexibility index (Phi) is 7.21. The van der Waals surface area contributed by atoms with Gasteiger partial charge in [0, 0.05) is 0 Å². The minimum atomic E-state index is -0.785. The molecule has 1 heterocycles. The van der Waals surface area contributed by atoms with Crippen LogP contribution >= 0.6 is 15.9 Å². The number of hydrogen-bond donors (Lipinski definition) is 1. The third-order valence-electron chi connectivity index (χ3n) is 6.52. The summed E-state index contributed by atoms with van der Waals surface area (Å²) >= 11 is 3.55. The highest BCUT2D eigenvalue weighted by molar-refractivity contribution is 9.10. The van der Waals surface area contributed by atoms with Crippen LogP contribution in [-0.2, 0) is 16.2 Å². The number of hydrogen-bond acceptors (Lipinski definition) is 5. The fourth-order valence-corrected chi connectivity index (χ4v) is 5.11. The summed E-state index contributed by atoms with van der Waals surface area (Å²) in [5, 5.41) is 4.49. The summed E-state index contributed by atoms with van der Waals surface area (Å²) in [6.07, 6.45) is 1.43. The van der Waals surface area contributed by atoms with E-state index in [4.69, 9.17) is 9.47 Å².